The molecule has 4 nitrogen and oxygen atoms in total. The van der Waals surface area contributed by atoms with Crippen LogP contribution in [0.4, 0.5) is 5.69 Å². The number of hydrogen-bond acceptors (Lipinski definition) is 2. The molecule has 0 atom stereocenters. The monoisotopic (exact) mass is 366 g/mol. The first-order valence-corrected chi connectivity index (χ1v) is 9.63. The van der Waals surface area contributed by atoms with Gasteiger partial charge < -0.3 is 9.80 Å². The van der Waals surface area contributed by atoms with Crippen LogP contribution in [0.5, 0.6) is 0 Å². The van der Waals surface area contributed by atoms with E-state index in [1.54, 1.807) is 4.90 Å². The van der Waals surface area contributed by atoms with Crippen molar-refractivity contribution in [1.29, 1.82) is 0 Å². The lowest BCUT2D eigenvalue weighted by Gasteiger charge is -2.23. The number of rotatable bonds is 8. The first-order chi connectivity index (χ1) is 12.9. The predicted octanol–water partition coefficient (Wildman–Crippen LogP) is 4.35. The summed E-state index contributed by atoms with van der Waals surface area (Å²) in [5.74, 6) is 0.203. The highest BCUT2D eigenvalue weighted by atomic mass is 16.2. The summed E-state index contributed by atoms with van der Waals surface area (Å²) in [6.45, 7) is 7.31. The summed E-state index contributed by atoms with van der Waals surface area (Å²) >= 11 is 0. The Bertz CT molecular complexity index is 768. The van der Waals surface area contributed by atoms with Crippen molar-refractivity contribution in [3.8, 4) is 0 Å². The third kappa shape index (κ3) is 5.95. The number of anilines is 1. The molecule has 0 fully saturated rings. The first-order valence-electron chi connectivity index (χ1n) is 9.63. The third-order valence-corrected chi connectivity index (χ3v) is 4.61. The molecular weight excluding hydrogens is 336 g/mol. The quantitative estimate of drug-likeness (QED) is 0.697. The molecule has 2 amide bonds. The highest BCUT2D eigenvalue weighted by Crippen LogP contribution is 2.20. The minimum Gasteiger partial charge on any atom is -0.345 e. The summed E-state index contributed by atoms with van der Waals surface area (Å²) in [7, 11) is 1.84. The lowest BCUT2D eigenvalue weighted by Crippen LogP contribution is -2.30. The summed E-state index contributed by atoms with van der Waals surface area (Å²) < 4.78 is 0. The van der Waals surface area contributed by atoms with E-state index in [0.717, 1.165) is 29.8 Å². The maximum absolute atomic E-state index is 12.5. The maximum atomic E-state index is 12.5. The summed E-state index contributed by atoms with van der Waals surface area (Å²) in [4.78, 5) is 28.3. The second-order valence-corrected chi connectivity index (χ2v) is 6.98. The molecule has 2 rings (SSSR count). The zero-order valence-electron chi connectivity index (χ0n) is 16.9. The van der Waals surface area contributed by atoms with Crippen LogP contribution in [0.15, 0.2) is 48.5 Å². The van der Waals surface area contributed by atoms with Gasteiger partial charge in [-0.3, -0.25) is 9.59 Å². The molecule has 2 aromatic rings. The molecule has 2 aromatic carbocycles. The molecule has 0 N–H and O–H groups in total. The summed E-state index contributed by atoms with van der Waals surface area (Å²) in [5.41, 5.74) is 4.12. The van der Waals surface area contributed by atoms with E-state index in [2.05, 4.69) is 26.0 Å². The van der Waals surface area contributed by atoms with Gasteiger partial charge in [-0.15, -0.1) is 0 Å². The van der Waals surface area contributed by atoms with Gasteiger partial charge in [0, 0.05) is 25.7 Å². The molecule has 0 radical (unpaired) electrons. The topological polar surface area (TPSA) is 40.6 Å². The van der Waals surface area contributed by atoms with E-state index < -0.39 is 0 Å². The van der Waals surface area contributed by atoms with Crippen LogP contribution in [0.25, 0.3) is 0 Å². The van der Waals surface area contributed by atoms with Crippen LogP contribution in [0.3, 0.4) is 0 Å². The van der Waals surface area contributed by atoms with E-state index in [1.807, 2.05) is 55.3 Å². The largest absolute Gasteiger partial charge is 0.345 e. The molecule has 0 aromatic heterocycles. The third-order valence-electron chi connectivity index (χ3n) is 4.61. The van der Waals surface area contributed by atoms with Gasteiger partial charge in [0.15, 0.2) is 0 Å². The number of carbonyl (C=O) groups is 2. The van der Waals surface area contributed by atoms with Gasteiger partial charge in [0.1, 0.15) is 0 Å². The van der Waals surface area contributed by atoms with Crippen molar-refractivity contribution < 1.29 is 9.59 Å². The summed E-state index contributed by atoms with van der Waals surface area (Å²) in [6.07, 6.45) is 1.79. The molecule has 0 aliphatic rings. The van der Waals surface area contributed by atoms with Crippen molar-refractivity contribution >= 4 is 17.5 Å². The Kier molecular flexibility index (Phi) is 7.59. The van der Waals surface area contributed by atoms with E-state index in [4.69, 9.17) is 0 Å². The standard InChI is InChI=1S/C23H30N2O2/c1-5-14-24(4)23(27)16-19-10-12-21(13-11-19)25(22(26)6-2)17-20-9-7-8-18(3)15-20/h7-13,15H,5-6,14,16-17H2,1-4H3. The maximum Gasteiger partial charge on any atom is 0.227 e. The number of carbonyl (C=O) groups excluding carboxylic acids is 2. The van der Waals surface area contributed by atoms with E-state index in [9.17, 15) is 9.59 Å². The van der Waals surface area contributed by atoms with Gasteiger partial charge in [0.25, 0.3) is 0 Å². The zero-order chi connectivity index (χ0) is 19.8. The van der Waals surface area contributed by atoms with Gasteiger partial charge in [-0.05, 0) is 36.6 Å². The lowest BCUT2D eigenvalue weighted by atomic mass is 10.1. The summed E-state index contributed by atoms with van der Waals surface area (Å²) in [5, 5.41) is 0. The molecule has 0 aliphatic carbocycles. The fourth-order valence-corrected chi connectivity index (χ4v) is 3.07. The van der Waals surface area contributed by atoms with E-state index in [-0.39, 0.29) is 11.8 Å². The Balaban J connectivity index is 2.14. The van der Waals surface area contributed by atoms with Crippen LogP contribution in [0, 0.1) is 6.92 Å². The predicted molar refractivity (Wildman–Crippen MR) is 111 cm³/mol. The van der Waals surface area contributed by atoms with Crippen LogP contribution in [-0.2, 0) is 22.6 Å². The fraction of sp³-hybridized carbons (Fsp3) is 0.391. The van der Waals surface area contributed by atoms with E-state index in [0.29, 0.717) is 19.4 Å². The van der Waals surface area contributed by atoms with Crippen LogP contribution in [-0.4, -0.2) is 30.3 Å². The average molecular weight is 367 g/mol. The number of aryl methyl sites for hydroxylation is 1. The minimum atomic E-state index is 0.0861. The second-order valence-electron chi connectivity index (χ2n) is 6.98. The van der Waals surface area contributed by atoms with Crippen molar-refractivity contribution in [3.63, 3.8) is 0 Å². The molecule has 0 bridgehead atoms. The smallest absolute Gasteiger partial charge is 0.227 e. The van der Waals surface area contributed by atoms with Crippen molar-refractivity contribution in [3.05, 3.63) is 65.2 Å². The Labute approximate surface area is 162 Å². The van der Waals surface area contributed by atoms with Crippen molar-refractivity contribution in [2.75, 3.05) is 18.5 Å². The number of benzene rings is 2. The molecule has 0 aliphatic heterocycles. The highest BCUT2D eigenvalue weighted by Gasteiger charge is 2.15. The molecule has 144 valence electrons. The first kappa shape index (κ1) is 20.7. The Hall–Kier alpha value is -2.62. The molecule has 0 unspecified atom stereocenters. The average Bonchev–Trinajstić information content (AvgIpc) is 2.66. The van der Waals surface area contributed by atoms with Gasteiger partial charge in [-0.1, -0.05) is 55.8 Å². The summed E-state index contributed by atoms with van der Waals surface area (Å²) in [6, 6.07) is 16.0. The molecule has 0 saturated heterocycles. The van der Waals surface area contributed by atoms with Gasteiger partial charge in [0.05, 0.1) is 13.0 Å². The van der Waals surface area contributed by atoms with Crippen LogP contribution >= 0.6 is 0 Å². The van der Waals surface area contributed by atoms with Crippen molar-refractivity contribution in [2.45, 2.75) is 46.6 Å². The second kappa shape index (κ2) is 9.91. The number of hydrogen-bond donors (Lipinski definition) is 0. The van der Waals surface area contributed by atoms with E-state index in [1.165, 1.54) is 5.56 Å². The highest BCUT2D eigenvalue weighted by molar-refractivity contribution is 5.93. The molecule has 0 spiro atoms. The van der Waals surface area contributed by atoms with Gasteiger partial charge in [-0.2, -0.15) is 0 Å². The number of amides is 2. The minimum absolute atomic E-state index is 0.0861. The van der Waals surface area contributed by atoms with Gasteiger partial charge >= 0.3 is 0 Å². The van der Waals surface area contributed by atoms with E-state index >= 15 is 0 Å². The molecule has 0 saturated carbocycles. The van der Waals surface area contributed by atoms with Gasteiger partial charge in [0.2, 0.25) is 11.8 Å². The Morgan fingerprint density at radius 3 is 2.22 bits per heavy atom. The Morgan fingerprint density at radius 1 is 0.926 bits per heavy atom. The molecule has 4 heteroatoms. The van der Waals surface area contributed by atoms with Crippen LogP contribution in [0.1, 0.15) is 43.4 Å². The van der Waals surface area contributed by atoms with Gasteiger partial charge in [-0.25, -0.2) is 0 Å². The van der Waals surface area contributed by atoms with Crippen molar-refractivity contribution in [1.82, 2.24) is 4.90 Å². The van der Waals surface area contributed by atoms with Crippen LogP contribution < -0.4 is 4.90 Å². The lowest BCUT2D eigenvalue weighted by molar-refractivity contribution is -0.129. The number of likely N-dealkylation sites (N-methyl/N-ethyl adjacent to an activating group) is 1. The number of nitrogens with zero attached hydrogens (tertiary/aromatic N) is 2. The fourth-order valence-electron chi connectivity index (χ4n) is 3.07. The Morgan fingerprint density at radius 2 is 1.63 bits per heavy atom. The van der Waals surface area contributed by atoms with Crippen LogP contribution in [0.2, 0.25) is 0 Å². The molecular formula is C23H30N2O2. The van der Waals surface area contributed by atoms with Crippen molar-refractivity contribution in [2.24, 2.45) is 0 Å². The molecule has 27 heavy (non-hydrogen) atoms. The zero-order valence-corrected chi connectivity index (χ0v) is 16.9. The SMILES string of the molecule is CCCN(C)C(=O)Cc1ccc(N(Cc2cccc(C)c2)C(=O)CC)cc1. The molecule has 0 heterocycles. The normalized spacial score (nSPS) is 10.5.